The van der Waals surface area contributed by atoms with E-state index in [-0.39, 0.29) is 28.8 Å². The summed E-state index contributed by atoms with van der Waals surface area (Å²) in [4.78, 5) is 26.2. The van der Waals surface area contributed by atoms with Gasteiger partial charge in [-0.05, 0) is 18.2 Å². The largest absolute Gasteiger partial charge is 0.496 e. The van der Waals surface area contributed by atoms with E-state index in [4.69, 9.17) is 29.1 Å². The van der Waals surface area contributed by atoms with Gasteiger partial charge in [0.15, 0.2) is 5.76 Å². The van der Waals surface area contributed by atoms with E-state index in [2.05, 4.69) is 20.6 Å². The van der Waals surface area contributed by atoms with E-state index in [1.165, 1.54) is 38.3 Å². The number of carbonyl (C=O) groups excluding carboxylic acids is 1. The van der Waals surface area contributed by atoms with Crippen LogP contribution in [0.3, 0.4) is 0 Å². The van der Waals surface area contributed by atoms with Crippen LogP contribution in [0.2, 0.25) is 0 Å². The molecule has 0 saturated heterocycles. The molecule has 0 unspecified atom stereocenters. The number of aliphatic hydroxyl groups is 1. The number of rotatable bonds is 11. The molecule has 200 valence electrons. The summed E-state index contributed by atoms with van der Waals surface area (Å²) >= 11 is 1.00. The second-order valence-electron chi connectivity index (χ2n) is 7.57. The molecular weight excluding hydrogens is 520 g/mol. The second kappa shape index (κ2) is 11.7. The van der Waals surface area contributed by atoms with Crippen molar-refractivity contribution in [3.8, 4) is 33.5 Å². The van der Waals surface area contributed by atoms with Gasteiger partial charge in [-0.1, -0.05) is 17.4 Å². The average Bonchev–Trinajstić information content (AvgIpc) is 3.56. The number of amides is 1. The first-order valence-electron chi connectivity index (χ1n) is 11.0. The Balaban J connectivity index is 1.76. The van der Waals surface area contributed by atoms with Gasteiger partial charge in [-0.2, -0.15) is 9.78 Å². The molecule has 0 radical (unpaired) electrons. The molecule has 4 aromatic rings. The molecule has 1 atom stereocenters. The van der Waals surface area contributed by atoms with Crippen molar-refractivity contribution in [2.45, 2.75) is 6.10 Å². The predicted molar refractivity (Wildman–Crippen MR) is 136 cm³/mol. The normalized spacial score (nSPS) is 11.7. The van der Waals surface area contributed by atoms with Crippen molar-refractivity contribution in [1.82, 2.24) is 20.0 Å². The lowest BCUT2D eigenvalue weighted by molar-refractivity contribution is 0.0393. The van der Waals surface area contributed by atoms with Crippen LogP contribution in [0.4, 0.5) is 10.9 Å². The number of methoxy groups -OCH3 is 3. The molecule has 0 spiro atoms. The van der Waals surface area contributed by atoms with E-state index >= 15 is 0 Å². The molecule has 0 aliphatic heterocycles. The number of nitrogen functional groups attached to an aromatic ring is 1. The summed E-state index contributed by atoms with van der Waals surface area (Å²) in [6, 6.07) is 7.89. The van der Waals surface area contributed by atoms with Crippen LogP contribution in [0, 0.1) is 0 Å². The number of anilines is 2. The number of carbonyl (C=O) groups is 1. The SMILES string of the molecule is COC[C@@H](CO)Oc1c(-c2c(OC)cccc2OC)cc(C(=O)Nc2nnc(-n3nccc3N)s2)oc1=O. The molecule has 0 fully saturated rings. The number of benzene rings is 1. The summed E-state index contributed by atoms with van der Waals surface area (Å²) in [5.41, 5.74) is 5.33. The molecule has 0 saturated carbocycles. The number of hydrogen-bond donors (Lipinski definition) is 3. The molecule has 15 heteroatoms. The van der Waals surface area contributed by atoms with E-state index in [1.54, 1.807) is 24.3 Å². The summed E-state index contributed by atoms with van der Waals surface area (Å²) < 4.78 is 28.4. The lowest BCUT2D eigenvalue weighted by Gasteiger charge is -2.20. The number of ether oxygens (including phenoxy) is 4. The van der Waals surface area contributed by atoms with Crippen LogP contribution in [0.5, 0.6) is 17.2 Å². The van der Waals surface area contributed by atoms with E-state index in [0.717, 1.165) is 11.3 Å². The maximum absolute atomic E-state index is 13.1. The molecule has 1 aromatic carbocycles. The van der Waals surface area contributed by atoms with Crippen molar-refractivity contribution >= 4 is 28.2 Å². The lowest BCUT2D eigenvalue weighted by Crippen LogP contribution is -2.29. The molecule has 3 aromatic heterocycles. The average molecular weight is 545 g/mol. The minimum absolute atomic E-state index is 0.0131. The molecule has 4 N–H and O–H groups in total. The monoisotopic (exact) mass is 544 g/mol. The molecule has 0 aliphatic rings. The number of aromatic nitrogens is 4. The van der Waals surface area contributed by atoms with Crippen LogP contribution in [0.15, 0.2) is 45.7 Å². The Morgan fingerprint density at radius 3 is 2.55 bits per heavy atom. The van der Waals surface area contributed by atoms with Crippen molar-refractivity contribution in [3.63, 3.8) is 0 Å². The van der Waals surface area contributed by atoms with Gasteiger partial charge in [0.2, 0.25) is 16.0 Å². The molecular formula is C23H24N6O8S. The number of nitrogens with one attached hydrogen (secondary N) is 1. The van der Waals surface area contributed by atoms with Crippen molar-refractivity contribution in [3.05, 3.63) is 52.7 Å². The fourth-order valence-electron chi connectivity index (χ4n) is 3.47. The highest BCUT2D eigenvalue weighted by Crippen LogP contribution is 2.42. The summed E-state index contributed by atoms with van der Waals surface area (Å²) in [6.45, 7) is -0.459. The van der Waals surface area contributed by atoms with Crippen molar-refractivity contribution in [2.75, 3.05) is 45.6 Å². The van der Waals surface area contributed by atoms with Gasteiger partial charge >= 0.3 is 5.63 Å². The molecule has 38 heavy (non-hydrogen) atoms. The summed E-state index contributed by atoms with van der Waals surface area (Å²) in [6.07, 6.45) is 0.603. The third kappa shape index (κ3) is 5.44. The Hall–Kier alpha value is -4.47. The zero-order valence-corrected chi connectivity index (χ0v) is 21.4. The third-order valence-corrected chi connectivity index (χ3v) is 5.97. The van der Waals surface area contributed by atoms with Gasteiger partial charge in [-0.3, -0.25) is 10.1 Å². The van der Waals surface area contributed by atoms with Gasteiger partial charge in [0, 0.05) is 18.7 Å². The van der Waals surface area contributed by atoms with Crippen LogP contribution < -0.4 is 30.9 Å². The van der Waals surface area contributed by atoms with Crippen LogP contribution in [-0.2, 0) is 4.74 Å². The minimum Gasteiger partial charge on any atom is -0.496 e. The van der Waals surface area contributed by atoms with Crippen LogP contribution >= 0.6 is 11.3 Å². The van der Waals surface area contributed by atoms with E-state index in [0.29, 0.717) is 28.0 Å². The molecule has 0 bridgehead atoms. The Labute approximate surface area is 219 Å². The fourth-order valence-corrected chi connectivity index (χ4v) is 4.19. The predicted octanol–water partition coefficient (Wildman–Crippen LogP) is 1.58. The van der Waals surface area contributed by atoms with Gasteiger partial charge in [0.05, 0.1) is 39.2 Å². The second-order valence-corrected chi connectivity index (χ2v) is 8.52. The first-order valence-corrected chi connectivity index (χ1v) is 11.8. The first-order chi connectivity index (χ1) is 18.4. The standard InChI is InChI=1S/C23H24N6O8S/c1-33-11-12(10-30)36-19-13(18-14(34-2)5-4-6-15(18)35-3)9-16(37-21(19)32)20(31)26-22-27-28-23(38-22)29-17(24)7-8-25-29/h4-9,12,30H,10-11,24H2,1-3H3,(H,26,27,31)/t12-/m1/s1. The highest BCUT2D eigenvalue weighted by atomic mass is 32.1. The first kappa shape index (κ1) is 26.6. The van der Waals surface area contributed by atoms with Crippen molar-refractivity contribution in [1.29, 1.82) is 0 Å². The molecule has 4 rings (SSSR count). The summed E-state index contributed by atoms with van der Waals surface area (Å²) in [5, 5.41) is 24.6. The smallest absolute Gasteiger partial charge is 0.379 e. The van der Waals surface area contributed by atoms with Crippen LogP contribution in [0.1, 0.15) is 10.6 Å². The third-order valence-electron chi connectivity index (χ3n) is 5.16. The van der Waals surface area contributed by atoms with E-state index in [9.17, 15) is 14.7 Å². The minimum atomic E-state index is -0.975. The topological polar surface area (TPSA) is 186 Å². The van der Waals surface area contributed by atoms with Gasteiger partial charge in [-0.25, -0.2) is 4.79 Å². The van der Waals surface area contributed by atoms with Crippen LogP contribution in [0.25, 0.3) is 16.3 Å². The molecule has 3 heterocycles. The Morgan fingerprint density at radius 2 is 1.95 bits per heavy atom. The van der Waals surface area contributed by atoms with Crippen molar-refractivity contribution < 1.29 is 33.3 Å². The number of aliphatic hydroxyl groups excluding tert-OH is 1. The quantitative estimate of drug-likeness (QED) is 0.248. The summed E-state index contributed by atoms with van der Waals surface area (Å²) in [7, 11) is 4.31. The van der Waals surface area contributed by atoms with E-state index < -0.39 is 24.2 Å². The molecule has 1 amide bonds. The fraction of sp³-hybridized carbons (Fsp3) is 0.261. The van der Waals surface area contributed by atoms with Gasteiger partial charge in [0.25, 0.3) is 5.91 Å². The highest BCUT2D eigenvalue weighted by molar-refractivity contribution is 7.17. The Kier molecular flexibility index (Phi) is 8.20. The number of hydrogen-bond acceptors (Lipinski definition) is 13. The Bertz CT molecular complexity index is 1460. The number of nitrogens with zero attached hydrogens (tertiary/aromatic N) is 4. The molecule has 0 aliphatic carbocycles. The molecule has 14 nitrogen and oxygen atoms in total. The van der Waals surface area contributed by atoms with Gasteiger partial charge < -0.3 is 34.2 Å². The zero-order valence-electron chi connectivity index (χ0n) is 20.5. The Morgan fingerprint density at radius 1 is 1.21 bits per heavy atom. The number of nitrogens with two attached hydrogens (primary N) is 1. The zero-order chi connectivity index (χ0) is 27.2. The maximum Gasteiger partial charge on any atom is 0.379 e. The summed E-state index contributed by atoms with van der Waals surface area (Å²) in [5.74, 6) is -0.394. The van der Waals surface area contributed by atoms with Crippen molar-refractivity contribution in [2.24, 2.45) is 0 Å². The van der Waals surface area contributed by atoms with Gasteiger partial charge in [0.1, 0.15) is 23.4 Å². The maximum atomic E-state index is 13.1. The highest BCUT2D eigenvalue weighted by Gasteiger charge is 2.26. The van der Waals surface area contributed by atoms with Gasteiger partial charge in [-0.15, -0.1) is 10.2 Å². The van der Waals surface area contributed by atoms with Crippen LogP contribution in [-0.4, -0.2) is 71.6 Å². The lowest BCUT2D eigenvalue weighted by atomic mass is 10.0. The van der Waals surface area contributed by atoms with E-state index in [1.807, 2.05) is 0 Å².